The van der Waals surface area contributed by atoms with Crippen molar-refractivity contribution in [2.45, 2.75) is 64.3 Å². The Bertz CT molecular complexity index is 2380. The third-order valence-electron chi connectivity index (χ3n) is 12.9. The van der Waals surface area contributed by atoms with Gasteiger partial charge in [0.15, 0.2) is 0 Å². The summed E-state index contributed by atoms with van der Waals surface area (Å²) in [4.78, 5) is 18.7. The zero-order valence-corrected chi connectivity index (χ0v) is 38.7. The van der Waals surface area contributed by atoms with Gasteiger partial charge in [-0.3, -0.25) is 9.80 Å². The number of allylic oxidation sites excluding steroid dienone is 1. The Morgan fingerprint density at radius 2 is 1.81 bits per heavy atom. The van der Waals surface area contributed by atoms with Gasteiger partial charge in [-0.2, -0.15) is 0 Å². The number of aryl methyl sites for hydroxylation is 1. The van der Waals surface area contributed by atoms with Crippen LogP contribution in [0.15, 0.2) is 96.2 Å². The average molecular weight is 876 g/mol. The Morgan fingerprint density at radius 3 is 2.56 bits per heavy atom. The van der Waals surface area contributed by atoms with Crippen molar-refractivity contribution in [2.24, 2.45) is 5.41 Å². The van der Waals surface area contributed by atoms with E-state index in [1.165, 1.54) is 35.1 Å². The molecule has 3 aromatic carbocycles. The number of hydrogen-bond acceptors (Lipinski definition) is 10. The van der Waals surface area contributed by atoms with Crippen LogP contribution in [0, 0.1) is 5.41 Å². The predicted molar refractivity (Wildman–Crippen MR) is 261 cm³/mol. The minimum atomic E-state index is 0.295. The van der Waals surface area contributed by atoms with E-state index in [9.17, 15) is 0 Å². The van der Waals surface area contributed by atoms with Gasteiger partial charge >= 0.3 is 0 Å². The molecule has 0 amide bonds. The summed E-state index contributed by atoms with van der Waals surface area (Å²) in [5, 5.41) is 1.78. The van der Waals surface area contributed by atoms with Gasteiger partial charge in [0.1, 0.15) is 17.1 Å². The molecule has 4 N–H and O–H groups in total. The number of rotatable bonds is 15. The van der Waals surface area contributed by atoms with Crippen molar-refractivity contribution in [1.82, 2.24) is 24.5 Å². The molecule has 12 heteroatoms. The fraction of sp³-hybridized carbons (Fsp3) is 0.420. The van der Waals surface area contributed by atoms with Crippen LogP contribution >= 0.6 is 23.5 Å². The van der Waals surface area contributed by atoms with Crippen molar-refractivity contribution < 1.29 is 9.47 Å². The monoisotopic (exact) mass is 874 g/mol. The van der Waals surface area contributed by atoms with Crippen LogP contribution in [0.1, 0.15) is 63.6 Å². The van der Waals surface area contributed by atoms with E-state index in [0.717, 1.165) is 140 Å². The van der Waals surface area contributed by atoms with E-state index in [1.807, 2.05) is 30.5 Å². The van der Waals surface area contributed by atoms with Crippen LogP contribution in [0.25, 0.3) is 22.3 Å². The smallest absolute Gasteiger partial charge is 0.146 e. The highest BCUT2D eigenvalue weighted by molar-refractivity contribution is 7.97. The average Bonchev–Trinajstić information content (AvgIpc) is 3.75. The summed E-state index contributed by atoms with van der Waals surface area (Å²) in [5.74, 6) is 1.39. The second-order valence-electron chi connectivity index (χ2n) is 18.0. The van der Waals surface area contributed by atoms with Crippen molar-refractivity contribution >= 4 is 62.9 Å². The van der Waals surface area contributed by atoms with Crippen LogP contribution in [-0.2, 0) is 11.2 Å². The molecule has 0 radical (unpaired) electrons. The molecule has 0 spiro atoms. The lowest BCUT2D eigenvalue weighted by molar-refractivity contribution is 0.0358. The summed E-state index contributed by atoms with van der Waals surface area (Å²) >= 11 is 7.81. The quantitative estimate of drug-likeness (QED) is 0.0697. The number of aromatic amines is 1. The van der Waals surface area contributed by atoms with Gasteiger partial charge in [-0.25, -0.2) is 4.98 Å². The number of morpholine rings is 1. The van der Waals surface area contributed by atoms with Gasteiger partial charge in [0.25, 0.3) is 0 Å². The summed E-state index contributed by atoms with van der Waals surface area (Å²) in [6.07, 6.45) is 7.99. The van der Waals surface area contributed by atoms with Crippen molar-refractivity contribution in [2.75, 3.05) is 88.2 Å². The molecule has 1 aliphatic carbocycles. The number of fused-ring (bicyclic) bond motifs is 1. The second kappa shape index (κ2) is 19.4. The Balaban J connectivity index is 0.971. The zero-order chi connectivity index (χ0) is 43.4. The number of nitrogens with zero attached hydrogens (tertiary/aromatic N) is 5. The highest BCUT2D eigenvalue weighted by atomic mass is 35.5. The number of piperazine rings is 1. The minimum absolute atomic E-state index is 0.295. The molecule has 10 nitrogen and oxygen atoms in total. The number of benzene rings is 3. The number of hydrogen-bond donors (Lipinski definition) is 3. The lowest BCUT2D eigenvalue weighted by Crippen LogP contribution is -2.47. The fourth-order valence-electron chi connectivity index (χ4n) is 9.16. The first-order chi connectivity index (χ1) is 29.9. The topological polar surface area (TPSA) is 98.2 Å². The van der Waals surface area contributed by atoms with E-state index >= 15 is 0 Å². The first-order valence-electron chi connectivity index (χ1n) is 22.2. The van der Waals surface area contributed by atoms with Gasteiger partial charge in [-0.05, 0) is 115 Å². The molecule has 2 saturated heterocycles. The van der Waals surface area contributed by atoms with Crippen LogP contribution in [0.3, 0.4) is 0 Å². The molecule has 328 valence electrons. The van der Waals surface area contributed by atoms with Gasteiger partial charge in [0.2, 0.25) is 0 Å². The van der Waals surface area contributed by atoms with Crippen molar-refractivity contribution in [1.29, 1.82) is 0 Å². The van der Waals surface area contributed by atoms with Crippen molar-refractivity contribution in [3.05, 3.63) is 113 Å². The summed E-state index contributed by atoms with van der Waals surface area (Å²) in [5.41, 5.74) is 18.2. The molecule has 3 aliphatic rings. The lowest BCUT2D eigenvalue weighted by atomic mass is 9.72. The second-order valence-corrected chi connectivity index (χ2v) is 19.3. The van der Waals surface area contributed by atoms with Crippen LogP contribution < -0.4 is 25.0 Å². The van der Waals surface area contributed by atoms with Crippen LogP contribution in [0.4, 0.5) is 17.1 Å². The highest BCUT2D eigenvalue weighted by Gasteiger charge is 2.30. The molecule has 0 saturated carbocycles. The lowest BCUT2D eigenvalue weighted by Gasteiger charge is -2.39. The summed E-state index contributed by atoms with van der Waals surface area (Å²) in [6.45, 7) is 23.1. The van der Waals surface area contributed by atoms with Gasteiger partial charge in [-0.1, -0.05) is 56.7 Å². The Morgan fingerprint density at radius 1 is 1.03 bits per heavy atom. The maximum absolute atomic E-state index is 6.84. The summed E-state index contributed by atoms with van der Waals surface area (Å²) < 4.78 is 15.8. The normalized spacial score (nSPS) is 17.9. The molecule has 0 unspecified atom stereocenters. The third-order valence-corrected chi connectivity index (χ3v) is 14.0. The number of nitrogen functional groups attached to an aromatic ring is 1. The SMILES string of the molecule is C=C(NSc1cc(N)c(N(C)[C@@H](C)CN2CCOCC2)c(CC)c1)c1ccc(N2CCN(CC3=C(c4ccc(Cl)cc4)CC(C)(C)CC3)CC2)cc1Oc1cnc2[nH]ccc2c1. The molecule has 2 aliphatic heterocycles. The third kappa shape index (κ3) is 10.4. The van der Waals surface area contributed by atoms with E-state index in [1.54, 1.807) is 11.8 Å². The Hall–Kier alpha value is -4.65. The fourth-order valence-corrected chi connectivity index (χ4v) is 10.0. The summed E-state index contributed by atoms with van der Waals surface area (Å²) in [6, 6.07) is 23.6. The number of anilines is 3. The van der Waals surface area contributed by atoms with Crippen LogP contribution in [0.5, 0.6) is 11.5 Å². The van der Waals surface area contributed by atoms with Gasteiger partial charge in [0.05, 0.1) is 30.8 Å². The van der Waals surface area contributed by atoms with E-state index in [0.29, 0.717) is 17.2 Å². The van der Waals surface area contributed by atoms with Crippen LogP contribution in [0.2, 0.25) is 5.02 Å². The Kier molecular flexibility index (Phi) is 13.8. The number of nitrogens with one attached hydrogen (secondary N) is 2. The molecule has 0 bridgehead atoms. The van der Waals surface area contributed by atoms with Crippen LogP contribution in [-0.4, -0.2) is 98.4 Å². The van der Waals surface area contributed by atoms with E-state index < -0.39 is 0 Å². The largest absolute Gasteiger partial charge is 0.455 e. The van der Waals surface area contributed by atoms with E-state index in [-0.39, 0.29) is 0 Å². The van der Waals surface area contributed by atoms with Gasteiger partial charge in [-0.15, -0.1) is 0 Å². The zero-order valence-electron chi connectivity index (χ0n) is 37.1. The van der Waals surface area contributed by atoms with Crippen molar-refractivity contribution in [3.63, 3.8) is 0 Å². The molecule has 8 rings (SSSR count). The molecule has 4 heterocycles. The number of halogens is 1. The van der Waals surface area contributed by atoms with E-state index in [2.05, 4.69) is 118 Å². The van der Waals surface area contributed by atoms with Crippen molar-refractivity contribution in [3.8, 4) is 11.5 Å². The standard InChI is InChI=1S/C50H63ClN8O2S/c1-7-36-27-43(29-46(52)48(36)56(6)34(2)32-58-22-24-60-25-23-58)62-55-35(3)44-13-12-41(28-47(44)61-42-26-38-15-17-53-49(38)54-31-42)59-20-18-57(19-21-59)33-39-14-16-50(4,5)30-45(39)37-8-10-40(51)11-9-37/h8-13,15,17,26-29,31,34,55H,3,7,14,16,18-25,30,32-33,52H2,1-2,4-6H3,(H,53,54)/t34-/m0/s1. The predicted octanol–water partition coefficient (Wildman–Crippen LogP) is 10.4. The molecule has 5 aromatic rings. The Labute approximate surface area is 377 Å². The molecule has 1 atom stereocenters. The number of ether oxygens (including phenoxy) is 2. The minimum Gasteiger partial charge on any atom is -0.455 e. The maximum Gasteiger partial charge on any atom is 0.146 e. The van der Waals surface area contributed by atoms with Gasteiger partial charge in [0, 0.05) is 110 Å². The molecular formula is C50H63ClN8O2S. The number of likely N-dealkylation sites (N-methyl/N-ethyl adjacent to an activating group) is 1. The molecule has 2 fully saturated rings. The molecular weight excluding hydrogens is 812 g/mol. The number of pyridine rings is 1. The molecule has 2 aromatic heterocycles. The molecule has 62 heavy (non-hydrogen) atoms. The van der Waals surface area contributed by atoms with E-state index in [4.69, 9.17) is 26.8 Å². The first-order valence-corrected chi connectivity index (χ1v) is 23.4. The number of nitrogens with two attached hydrogens (primary N) is 1. The van der Waals surface area contributed by atoms with Gasteiger partial charge < -0.3 is 34.7 Å². The number of aromatic nitrogens is 2. The summed E-state index contributed by atoms with van der Waals surface area (Å²) in [7, 11) is 2.16. The first kappa shape index (κ1) is 44.0. The number of H-pyrrole nitrogens is 1. The highest BCUT2D eigenvalue weighted by Crippen LogP contribution is 2.44. The maximum atomic E-state index is 6.84.